The number of rotatable bonds is 4. The number of H-pyrrole nitrogens is 1. The fraction of sp³-hybridized carbons (Fsp3) is 0.174. The summed E-state index contributed by atoms with van der Waals surface area (Å²) >= 11 is 1.48. The van der Waals surface area contributed by atoms with Crippen molar-refractivity contribution in [3.05, 3.63) is 81.2 Å². The first-order valence-corrected chi connectivity index (χ1v) is 10.5. The van der Waals surface area contributed by atoms with E-state index in [9.17, 15) is 9.59 Å². The Morgan fingerprint density at radius 1 is 1.23 bits per heavy atom. The van der Waals surface area contributed by atoms with Crippen molar-refractivity contribution in [1.82, 2.24) is 9.97 Å². The molecule has 7 heteroatoms. The zero-order valence-electron chi connectivity index (χ0n) is 16.3. The molecule has 6 nitrogen and oxygen atoms in total. The molecular weight excluding hydrogens is 398 g/mol. The Balaban J connectivity index is 1.48. The molecule has 150 valence electrons. The number of ether oxygens (including phenoxy) is 1. The predicted molar refractivity (Wildman–Crippen MR) is 118 cm³/mol. The van der Waals surface area contributed by atoms with E-state index in [0.717, 1.165) is 34.6 Å². The number of aromatic amines is 1. The van der Waals surface area contributed by atoms with Crippen LogP contribution in [0.15, 0.2) is 58.7 Å². The van der Waals surface area contributed by atoms with Gasteiger partial charge in [0.1, 0.15) is 10.7 Å². The fourth-order valence-electron chi connectivity index (χ4n) is 3.93. The van der Waals surface area contributed by atoms with Crippen LogP contribution in [0.1, 0.15) is 21.7 Å². The third kappa shape index (κ3) is 3.17. The van der Waals surface area contributed by atoms with E-state index in [1.165, 1.54) is 24.0 Å². The molecule has 0 saturated heterocycles. The second-order valence-corrected chi connectivity index (χ2v) is 8.07. The maximum absolute atomic E-state index is 12.9. The molecule has 1 N–H and O–H groups in total. The Labute approximate surface area is 176 Å². The molecule has 3 heterocycles. The van der Waals surface area contributed by atoms with Crippen molar-refractivity contribution in [3.63, 3.8) is 0 Å². The summed E-state index contributed by atoms with van der Waals surface area (Å²) in [5.74, 6) is 0.259. The van der Waals surface area contributed by atoms with Crippen molar-refractivity contribution in [2.75, 3.05) is 18.6 Å². The van der Waals surface area contributed by atoms with E-state index >= 15 is 0 Å². The van der Waals surface area contributed by atoms with E-state index in [1.54, 1.807) is 6.07 Å². The Kier molecular flexibility index (Phi) is 4.59. The molecule has 5 rings (SSSR count). The van der Waals surface area contributed by atoms with Crippen LogP contribution in [0.3, 0.4) is 0 Å². The quantitative estimate of drug-likeness (QED) is 0.508. The molecule has 1 aliphatic heterocycles. The number of anilines is 1. The molecule has 0 fully saturated rings. The molecule has 0 aliphatic carbocycles. The second-order valence-electron chi connectivity index (χ2n) is 7.21. The van der Waals surface area contributed by atoms with Gasteiger partial charge in [-0.2, -0.15) is 0 Å². The van der Waals surface area contributed by atoms with E-state index in [-0.39, 0.29) is 11.5 Å². The fourth-order valence-corrected chi connectivity index (χ4v) is 4.90. The summed E-state index contributed by atoms with van der Waals surface area (Å²) in [6.07, 6.45) is 0.889. The Hall–Kier alpha value is -3.45. The largest absolute Gasteiger partial charge is 0.465 e. The number of nitrogens with one attached hydrogen (secondary N) is 1. The first kappa shape index (κ1) is 18.6. The minimum absolute atomic E-state index is 0.127. The summed E-state index contributed by atoms with van der Waals surface area (Å²) in [6.45, 7) is 1.28. The number of esters is 1. The molecule has 2 aromatic heterocycles. The van der Waals surface area contributed by atoms with Crippen LogP contribution in [-0.4, -0.2) is 29.6 Å². The standard InChI is InChI=1S/C23H19N3O3S/c1-29-23(28)16-8-7-15-9-10-26(18(15)11-16)12-19-24-21(27)20-17(13-30-22(20)25-19)14-5-3-2-4-6-14/h2-8,11,13H,9-10,12H2,1H3,(H,24,25,27). The lowest BCUT2D eigenvalue weighted by atomic mass is 10.1. The van der Waals surface area contributed by atoms with Gasteiger partial charge in [0.05, 0.1) is 24.6 Å². The van der Waals surface area contributed by atoms with Crippen LogP contribution < -0.4 is 10.5 Å². The van der Waals surface area contributed by atoms with E-state index in [4.69, 9.17) is 9.72 Å². The number of benzene rings is 2. The number of carbonyl (C=O) groups excluding carboxylic acids is 1. The third-order valence-corrected chi connectivity index (χ3v) is 6.29. The van der Waals surface area contributed by atoms with Gasteiger partial charge in [-0.3, -0.25) is 4.79 Å². The van der Waals surface area contributed by atoms with Crippen LogP contribution >= 0.6 is 11.3 Å². The van der Waals surface area contributed by atoms with Crippen molar-refractivity contribution >= 4 is 33.2 Å². The summed E-state index contributed by atoms with van der Waals surface area (Å²) < 4.78 is 4.84. The highest BCUT2D eigenvalue weighted by molar-refractivity contribution is 7.17. The normalized spacial score (nSPS) is 12.9. The first-order chi connectivity index (χ1) is 14.6. The molecule has 2 aromatic carbocycles. The minimum Gasteiger partial charge on any atom is -0.465 e. The highest BCUT2D eigenvalue weighted by Crippen LogP contribution is 2.32. The summed E-state index contributed by atoms with van der Waals surface area (Å²) in [7, 11) is 1.38. The molecule has 0 atom stereocenters. The summed E-state index contributed by atoms with van der Waals surface area (Å²) in [4.78, 5) is 35.3. The molecule has 0 saturated carbocycles. The minimum atomic E-state index is -0.357. The summed E-state index contributed by atoms with van der Waals surface area (Å²) in [6, 6.07) is 15.5. The molecular formula is C23H19N3O3S. The van der Waals surface area contributed by atoms with Crippen LogP contribution in [0.4, 0.5) is 5.69 Å². The van der Waals surface area contributed by atoms with Gasteiger partial charge in [-0.15, -0.1) is 11.3 Å². The number of fused-ring (bicyclic) bond motifs is 2. The highest BCUT2D eigenvalue weighted by Gasteiger charge is 2.22. The monoisotopic (exact) mass is 417 g/mol. The lowest BCUT2D eigenvalue weighted by molar-refractivity contribution is 0.0601. The first-order valence-electron chi connectivity index (χ1n) is 9.66. The number of carbonyl (C=O) groups is 1. The van der Waals surface area contributed by atoms with Crippen molar-refractivity contribution in [1.29, 1.82) is 0 Å². The average Bonchev–Trinajstić information content (AvgIpc) is 3.38. The van der Waals surface area contributed by atoms with Gasteiger partial charge in [-0.1, -0.05) is 36.4 Å². The van der Waals surface area contributed by atoms with Gasteiger partial charge >= 0.3 is 5.97 Å². The SMILES string of the molecule is COC(=O)c1ccc2c(c1)N(Cc1nc3scc(-c4ccccc4)c3c(=O)[nH]1)CC2. The smallest absolute Gasteiger partial charge is 0.337 e. The van der Waals surface area contributed by atoms with Gasteiger partial charge in [0.15, 0.2) is 0 Å². The van der Waals surface area contributed by atoms with Gasteiger partial charge < -0.3 is 14.6 Å². The molecule has 0 amide bonds. The second kappa shape index (κ2) is 7.42. The van der Waals surface area contributed by atoms with Crippen LogP contribution in [0.25, 0.3) is 21.3 Å². The number of aromatic nitrogens is 2. The van der Waals surface area contributed by atoms with Crippen LogP contribution in [0, 0.1) is 0 Å². The van der Waals surface area contributed by atoms with Gasteiger partial charge in [0.2, 0.25) is 0 Å². The zero-order valence-corrected chi connectivity index (χ0v) is 17.2. The molecule has 30 heavy (non-hydrogen) atoms. The zero-order chi connectivity index (χ0) is 20.7. The van der Waals surface area contributed by atoms with Gasteiger partial charge in [0, 0.05) is 23.2 Å². The molecule has 0 radical (unpaired) electrons. The van der Waals surface area contributed by atoms with E-state index in [2.05, 4.69) is 9.88 Å². The molecule has 0 unspecified atom stereocenters. The van der Waals surface area contributed by atoms with Crippen molar-refractivity contribution in [2.45, 2.75) is 13.0 Å². The molecule has 0 bridgehead atoms. The average molecular weight is 417 g/mol. The Morgan fingerprint density at radius 3 is 2.87 bits per heavy atom. The number of thiophene rings is 1. The van der Waals surface area contributed by atoms with Crippen LogP contribution in [-0.2, 0) is 17.7 Å². The van der Waals surface area contributed by atoms with Crippen LogP contribution in [0.5, 0.6) is 0 Å². The topological polar surface area (TPSA) is 75.3 Å². The maximum Gasteiger partial charge on any atom is 0.337 e. The number of hydrogen-bond acceptors (Lipinski definition) is 6. The highest BCUT2D eigenvalue weighted by atomic mass is 32.1. The number of hydrogen-bond donors (Lipinski definition) is 1. The Morgan fingerprint density at radius 2 is 2.07 bits per heavy atom. The maximum atomic E-state index is 12.9. The van der Waals surface area contributed by atoms with Gasteiger partial charge in [-0.25, -0.2) is 9.78 Å². The lowest BCUT2D eigenvalue weighted by Gasteiger charge is -2.19. The number of methoxy groups -OCH3 is 1. The van der Waals surface area contributed by atoms with Gasteiger partial charge in [0.25, 0.3) is 5.56 Å². The summed E-state index contributed by atoms with van der Waals surface area (Å²) in [5, 5.41) is 2.62. The van der Waals surface area contributed by atoms with Gasteiger partial charge in [-0.05, 0) is 29.7 Å². The van der Waals surface area contributed by atoms with Crippen LogP contribution in [0.2, 0.25) is 0 Å². The van der Waals surface area contributed by atoms with E-state index in [0.29, 0.717) is 23.3 Å². The molecule has 1 aliphatic rings. The lowest BCUT2D eigenvalue weighted by Crippen LogP contribution is -2.23. The molecule has 4 aromatic rings. The van der Waals surface area contributed by atoms with E-state index in [1.807, 2.05) is 47.8 Å². The Bertz CT molecular complexity index is 1310. The number of nitrogens with zero attached hydrogens (tertiary/aromatic N) is 2. The third-order valence-electron chi connectivity index (χ3n) is 5.42. The van der Waals surface area contributed by atoms with Crippen molar-refractivity contribution in [2.24, 2.45) is 0 Å². The predicted octanol–water partition coefficient (Wildman–Crippen LogP) is 4.00. The van der Waals surface area contributed by atoms with Crippen molar-refractivity contribution in [3.8, 4) is 11.1 Å². The summed E-state index contributed by atoms with van der Waals surface area (Å²) in [5.41, 5.74) is 4.46. The van der Waals surface area contributed by atoms with Crippen molar-refractivity contribution < 1.29 is 9.53 Å². The molecule has 0 spiro atoms. The van der Waals surface area contributed by atoms with E-state index < -0.39 is 0 Å².